The van der Waals surface area contributed by atoms with E-state index in [0.29, 0.717) is 12.2 Å². The topological polar surface area (TPSA) is 131 Å². The van der Waals surface area contributed by atoms with Crippen molar-refractivity contribution >= 4 is 23.5 Å². The largest absolute Gasteiger partial charge is 0.481 e. The fraction of sp³-hybridized carbons (Fsp3) is 0.500. The minimum absolute atomic E-state index is 0.0777. The summed E-state index contributed by atoms with van der Waals surface area (Å²) in [6, 6.07) is 1.64. The van der Waals surface area contributed by atoms with Crippen molar-refractivity contribution in [2.45, 2.75) is 58.2 Å². The summed E-state index contributed by atoms with van der Waals surface area (Å²) in [6.07, 6.45) is 6.98. The maximum absolute atomic E-state index is 12.7. The molecule has 1 saturated carbocycles. The average Bonchev–Trinajstić information content (AvgIpc) is 3.40. The number of aliphatic carboxylic acids is 1. The number of carbonyl (C=O) groups excluding carboxylic acids is 2. The number of carboxylic acid groups (broad SMARTS) is 1. The molecular formula is C18H24N6O4. The fourth-order valence-corrected chi connectivity index (χ4v) is 3.26. The lowest BCUT2D eigenvalue weighted by molar-refractivity contribution is -0.137. The number of aryl methyl sites for hydroxylation is 2. The second-order valence-electron chi connectivity index (χ2n) is 6.74. The van der Waals surface area contributed by atoms with Crippen molar-refractivity contribution in [1.82, 2.24) is 24.9 Å². The van der Waals surface area contributed by atoms with Gasteiger partial charge in [0.05, 0.1) is 18.7 Å². The number of hydrogen-bond donors (Lipinski definition) is 3. The maximum atomic E-state index is 12.7. The maximum Gasteiger partial charge on any atom is 0.305 e. The van der Waals surface area contributed by atoms with Gasteiger partial charge in [0.15, 0.2) is 5.69 Å². The molecule has 0 radical (unpaired) electrons. The van der Waals surface area contributed by atoms with Crippen molar-refractivity contribution in [1.29, 1.82) is 0 Å². The van der Waals surface area contributed by atoms with E-state index in [1.807, 2.05) is 6.92 Å². The third-order valence-corrected chi connectivity index (χ3v) is 4.73. The Morgan fingerprint density at radius 3 is 2.68 bits per heavy atom. The van der Waals surface area contributed by atoms with Gasteiger partial charge in [-0.25, -0.2) is 0 Å². The van der Waals surface area contributed by atoms with Gasteiger partial charge in [0.25, 0.3) is 11.8 Å². The molecule has 28 heavy (non-hydrogen) atoms. The zero-order chi connectivity index (χ0) is 20.1. The Bertz CT molecular complexity index is 865. The number of rotatable bonds is 8. The van der Waals surface area contributed by atoms with Crippen molar-refractivity contribution in [3.8, 4) is 0 Å². The van der Waals surface area contributed by atoms with E-state index in [2.05, 4.69) is 20.8 Å². The number of anilines is 1. The van der Waals surface area contributed by atoms with Gasteiger partial charge in [-0.2, -0.15) is 10.2 Å². The Morgan fingerprint density at radius 1 is 1.25 bits per heavy atom. The molecule has 1 fully saturated rings. The Labute approximate surface area is 161 Å². The summed E-state index contributed by atoms with van der Waals surface area (Å²) in [4.78, 5) is 36.1. The molecule has 0 aromatic carbocycles. The van der Waals surface area contributed by atoms with Crippen molar-refractivity contribution in [2.75, 3.05) is 5.32 Å². The van der Waals surface area contributed by atoms with Crippen LogP contribution in [-0.2, 0) is 17.9 Å². The Morgan fingerprint density at radius 2 is 2.00 bits per heavy atom. The van der Waals surface area contributed by atoms with Gasteiger partial charge in [0.1, 0.15) is 5.69 Å². The molecule has 10 nitrogen and oxygen atoms in total. The zero-order valence-electron chi connectivity index (χ0n) is 15.7. The molecule has 3 N–H and O–H groups in total. The van der Waals surface area contributed by atoms with E-state index in [1.54, 1.807) is 10.9 Å². The lowest BCUT2D eigenvalue weighted by Gasteiger charge is -2.12. The molecule has 0 saturated heterocycles. The highest BCUT2D eigenvalue weighted by Crippen LogP contribution is 2.20. The van der Waals surface area contributed by atoms with Gasteiger partial charge < -0.3 is 15.7 Å². The van der Waals surface area contributed by atoms with Crippen LogP contribution in [0.5, 0.6) is 0 Å². The van der Waals surface area contributed by atoms with Crippen LogP contribution in [0.4, 0.5) is 5.69 Å². The van der Waals surface area contributed by atoms with Gasteiger partial charge in [-0.15, -0.1) is 0 Å². The number of hydrogen-bond acceptors (Lipinski definition) is 5. The Kier molecular flexibility index (Phi) is 6.07. The molecule has 0 spiro atoms. The Hall–Kier alpha value is -3.17. The van der Waals surface area contributed by atoms with E-state index in [1.165, 1.54) is 16.9 Å². The normalized spacial score (nSPS) is 14.2. The van der Waals surface area contributed by atoms with E-state index < -0.39 is 11.9 Å². The molecule has 150 valence electrons. The van der Waals surface area contributed by atoms with Crippen molar-refractivity contribution in [2.24, 2.45) is 0 Å². The van der Waals surface area contributed by atoms with Crippen LogP contribution >= 0.6 is 0 Å². The molecule has 1 aliphatic rings. The summed E-state index contributed by atoms with van der Waals surface area (Å²) in [7, 11) is 0. The summed E-state index contributed by atoms with van der Waals surface area (Å²) in [5.41, 5.74) is 0.694. The van der Waals surface area contributed by atoms with Crippen LogP contribution in [-0.4, -0.2) is 48.5 Å². The average molecular weight is 388 g/mol. The number of aromatic nitrogens is 4. The molecule has 3 rings (SSSR count). The van der Waals surface area contributed by atoms with Crippen LogP contribution in [0, 0.1) is 0 Å². The summed E-state index contributed by atoms with van der Waals surface area (Å²) < 4.78 is 2.91. The smallest absolute Gasteiger partial charge is 0.305 e. The molecular weight excluding hydrogens is 364 g/mol. The van der Waals surface area contributed by atoms with Gasteiger partial charge in [-0.05, 0) is 25.8 Å². The molecule has 2 amide bonds. The summed E-state index contributed by atoms with van der Waals surface area (Å²) in [6.45, 7) is 2.52. The quantitative estimate of drug-likeness (QED) is 0.628. The fourth-order valence-electron chi connectivity index (χ4n) is 3.26. The highest BCUT2D eigenvalue weighted by atomic mass is 16.4. The molecule has 0 unspecified atom stereocenters. The first-order valence-electron chi connectivity index (χ1n) is 9.41. The first-order valence-corrected chi connectivity index (χ1v) is 9.41. The number of carboxylic acids is 1. The lowest BCUT2D eigenvalue weighted by atomic mass is 10.2. The third-order valence-electron chi connectivity index (χ3n) is 4.73. The van der Waals surface area contributed by atoms with E-state index in [9.17, 15) is 14.4 Å². The van der Waals surface area contributed by atoms with Crippen molar-refractivity contribution in [3.63, 3.8) is 0 Å². The molecule has 0 aliphatic heterocycles. The van der Waals surface area contributed by atoms with E-state index in [4.69, 9.17) is 5.11 Å². The van der Waals surface area contributed by atoms with Gasteiger partial charge in [-0.1, -0.05) is 12.8 Å². The zero-order valence-corrected chi connectivity index (χ0v) is 15.7. The van der Waals surface area contributed by atoms with Crippen molar-refractivity contribution < 1.29 is 19.5 Å². The number of nitrogens with zero attached hydrogens (tertiary/aromatic N) is 4. The van der Waals surface area contributed by atoms with Crippen LogP contribution < -0.4 is 10.6 Å². The van der Waals surface area contributed by atoms with Gasteiger partial charge in [0, 0.05) is 25.0 Å². The van der Waals surface area contributed by atoms with Crippen LogP contribution in [0.15, 0.2) is 18.5 Å². The first-order chi connectivity index (χ1) is 13.5. The molecule has 0 atom stereocenters. The highest BCUT2D eigenvalue weighted by Gasteiger charge is 2.24. The number of nitrogens with one attached hydrogen (secondary N) is 2. The van der Waals surface area contributed by atoms with E-state index in [-0.39, 0.29) is 36.3 Å². The molecule has 2 aromatic heterocycles. The van der Waals surface area contributed by atoms with Crippen LogP contribution in [0.1, 0.15) is 60.0 Å². The summed E-state index contributed by atoms with van der Waals surface area (Å²) in [5.74, 6) is -1.76. The number of amides is 2. The SMILES string of the molecule is CCn1cc(NC(=O)c2ccnn2CCC(=O)O)c(C(=O)NC2CCCC2)n1. The van der Waals surface area contributed by atoms with Gasteiger partial charge in [0.2, 0.25) is 0 Å². The molecule has 2 heterocycles. The minimum Gasteiger partial charge on any atom is -0.481 e. The second kappa shape index (κ2) is 8.68. The molecule has 10 heteroatoms. The van der Waals surface area contributed by atoms with Crippen LogP contribution in [0.3, 0.4) is 0 Å². The third kappa shape index (κ3) is 4.56. The van der Waals surface area contributed by atoms with E-state index >= 15 is 0 Å². The minimum atomic E-state index is -0.975. The van der Waals surface area contributed by atoms with Crippen molar-refractivity contribution in [3.05, 3.63) is 29.8 Å². The van der Waals surface area contributed by atoms with Gasteiger partial charge in [-0.3, -0.25) is 23.7 Å². The summed E-state index contributed by atoms with van der Waals surface area (Å²) >= 11 is 0. The predicted molar refractivity (Wildman–Crippen MR) is 100 cm³/mol. The standard InChI is InChI=1S/C18H24N6O4/c1-2-23-11-13(16(22-23)18(28)20-12-5-3-4-6-12)21-17(27)14-7-9-19-24(14)10-8-15(25)26/h7,9,11-12H,2-6,8,10H2,1H3,(H,20,28)(H,21,27)(H,25,26). The lowest BCUT2D eigenvalue weighted by Crippen LogP contribution is -2.33. The highest BCUT2D eigenvalue weighted by molar-refractivity contribution is 6.07. The monoisotopic (exact) mass is 388 g/mol. The van der Waals surface area contributed by atoms with Crippen LogP contribution in [0.2, 0.25) is 0 Å². The predicted octanol–water partition coefficient (Wildman–Crippen LogP) is 1.50. The molecule has 1 aliphatic carbocycles. The van der Waals surface area contributed by atoms with Crippen LogP contribution in [0.25, 0.3) is 0 Å². The second-order valence-corrected chi connectivity index (χ2v) is 6.74. The Balaban J connectivity index is 1.75. The molecule has 2 aromatic rings. The first kappa shape index (κ1) is 19.6. The van der Waals surface area contributed by atoms with Gasteiger partial charge >= 0.3 is 5.97 Å². The number of carbonyl (C=O) groups is 3. The molecule has 0 bridgehead atoms. The summed E-state index contributed by atoms with van der Waals surface area (Å²) in [5, 5.41) is 22.8. The van der Waals surface area contributed by atoms with E-state index in [0.717, 1.165) is 25.7 Å².